The van der Waals surface area contributed by atoms with E-state index in [-0.39, 0.29) is 29.8 Å². The maximum Gasteiger partial charge on any atom is 0.335 e. The molecule has 1 unspecified atom stereocenters. The fourth-order valence-electron chi connectivity index (χ4n) is 1.63. The number of hydrogen-bond donors (Lipinski definition) is 4. The lowest BCUT2D eigenvalue weighted by atomic mass is 10.1. The molecule has 0 spiro atoms. The Balaban J connectivity index is 2.94. The van der Waals surface area contributed by atoms with Crippen LogP contribution in [0.1, 0.15) is 27.1 Å². The van der Waals surface area contributed by atoms with Crippen LogP contribution in [0.2, 0.25) is 0 Å². The highest BCUT2D eigenvalue weighted by atomic mass is 16.5. The van der Waals surface area contributed by atoms with Gasteiger partial charge in [-0.25, -0.2) is 9.59 Å². The molecular weight excluding hydrogens is 280 g/mol. The summed E-state index contributed by atoms with van der Waals surface area (Å²) in [6.45, 7) is 0.152. The molecule has 8 nitrogen and oxygen atoms in total. The van der Waals surface area contributed by atoms with Crippen LogP contribution in [-0.4, -0.2) is 47.8 Å². The number of aromatic carboxylic acids is 2. The van der Waals surface area contributed by atoms with Crippen LogP contribution in [0.15, 0.2) is 18.2 Å². The molecule has 0 bridgehead atoms. The van der Waals surface area contributed by atoms with Crippen molar-refractivity contribution in [2.24, 2.45) is 5.73 Å². The van der Waals surface area contributed by atoms with E-state index in [0.717, 1.165) is 6.07 Å². The first kappa shape index (κ1) is 16.6. The minimum atomic E-state index is -1.29. The molecule has 0 heterocycles. The third-order valence-corrected chi connectivity index (χ3v) is 2.72. The highest BCUT2D eigenvalue weighted by Crippen LogP contribution is 2.16. The minimum absolute atomic E-state index is 0.0211. The smallest absolute Gasteiger partial charge is 0.335 e. The summed E-state index contributed by atoms with van der Waals surface area (Å²) in [6, 6.07) is 3.37. The van der Waals surface area contributed by atoms with Gasteiger partial charge in [0.2, 0.25) is 5.91 Å². The van der Waals surface area contributed by atoms with Gasteiger partial charge in [0, 0.05) is 19.3 Å². The molecule has 21 heavy (non-hydrogen) atoms. The summed E-state index contributed by atoms with van der Waals surface area (Å²) in [5.74, 6) is -3.03. The quantitative estimate of drug-likeness (QED) is 0.570. The van der Waals surface area contributed by atoms with Gasteiger partial charge in [-0.2, -0.15) is 0 Å². The first-order valence-electron chi connectivity index (χ1n) is 6.01. The molecule has 0 aliphatic rings. The van der Waals surface area contributed by atoms with E-state index in [4.69, 9.17) is 20.7 Å². The van der Waals surface area contributed by atoms with Crippen LogP contribution in [0.25, 0.3) is 0 Å². The number of carboxylic acid groups (broad SMARTS) is 2. The van der Waals surface area contributed by atoms with Crippen LogP contribution >= 0.6 is 0 Å². The van der Waals surface area contributed by atoms with Crippen molar-refractivity contribution in [2.75, 3.05) is 19.0 Å². The molecule has 0 aromatic heterocycles. The third-order valence-electron chi connectivity index (χ3n) is 2.72. The van der Waals surface area contributed by atoms with Crippen molar-refractivity contribution >= 4 is 23.5 Å². The zero-order valence-electron chi connectivity index (χ0n) is 11.3. The molecular formula is C13H16N2O6. The van der Waals surface area contributed by atoms with Gasteiger partial charge in [-0.05, 0) is 18.2 Å². The average molecular weight is 296 g/mol. The first-order valence-corrected chi connectivity index (χ1v) is 6.01. The van der Waals surface area contributed by atoms with Crippen LogP contribution < -0.4 is 11.1 Å². The Labute approximate surface area is 120 Å². The van der Waals surface area contributed by atoms with Gasteiger partial charge in [0.25, 0.3) is 0 Å². The van der Waals surface area contributed by atoms with Crippen molar-refractivity contribution < 1.29 is 29.3 Å². The number of carbonyl (C=O) groups is 3. The van der Waals surface area contributed by atoms with Gasteiger partial charge in [0.05, 0.1) is 23.7 Å². The van der Waals surface area contributed by atoms with Crippen molar-refractivity contribution in [3.63, 3.8) is 0 Å². The molecule has 0 radical (unpaired) electrons. The number of rotatable bonds is 7. The number of methoxy groups -OCH3 is 1. The van der Waals surface area contributed by atoms with Gasteiger partial charge in [-0.3, -0.25) is 4.79 Å². The fourth-order valence-corrected chi connectivity index (χ4v) is 1.63. The van der Waals surface area contributed by atoms with Crippen molar-refractivity contribution in [1.29, 1.82) is 0 Å². The van der Waals surface area contributed by atoms with Crippen molar-refractivity contribution in [2.45, 2.75) is 12.5 Å². The van der Waals surface area contributed by atoms with Gasteiger partial charge in [0.15, 0.2) is 0 Å². The standard InChI is InChI=1S/C13H16N2O6/c1-21-10(6-14)5-11(16)15-9-3-7(12(17)18)2-8(4-9)13(19)20/h2-4,10H,5-6,14H2,1H3,(H,15,16)(H,17,18)(H,19,20). The summed E-state index contributed by atoms with van der Waals surface area (Å²) in [4.78, 5) is 33.6. The number of nitrogens with one attached hydrogen (secondary N) is 1. The number of nitrogens with two attached hydrogens (primary N) is 1. The molecule has 0 aliphatic heterocycles. The maximum atomic E-state index is 11.8. The predicted octanol–water partition coefficient (Wildman–Crippen LogP) is 0.385. The molecule has 1 aromatic rings. The highest BCUT2D eigenvalue weighted by Gasteiger charge is 2.15. The Morgan fingerprint density at radius 2 is 1.71 bits per heavy atom. The number of carboxylic acids is 2. The van der Waals surface area contributed by atoms with E-state index in [1.807, 2.05) is 0 Å². The van der Waals surface area contributed by atoms with E-state index in [1.165, 1.54) is 19.2 Å². The van der Waals surface area contributed by atoms with E-state index in [2.05, 4.69) is 5.32 Å². The van der Waals surface area contributed by atoms with Crippen LogP contribution in [-0.2, 0) is 9.53 Å². The van der Waals surface area contributed by atoms with Gasteiger partial charge in [-0.15, -0.1) is 0 Å². The maximum absolute atomic E-state index is 11.8. The lowest BCUT2D eigenvalue weighted by molar-refractivity contribution is -0.118. The van der Waals surface area contributed by atoms with Crippen LogP contribution in [0.4, 0.5) is 5.69 Å². The Morgan fingerprint density at radius 1 is 1.19 bits per heavy atom. The Bertz CT molecular complexity index is 521. The summed E-state index contributed by atoms with van der Waals surface area (Å²) in [6.07, 6.45) is -0.487. The zero-order valence-corrected chi connectivity index (χ0v) is 11.3. The number of hydrogen-bond acceptors (Lipinski definition) is 5. The Morgan fingerprint density at radius 3 is 2.10 bits per heavy atom. The first-order chi connectivity index (χ1) is 9.87. The molecule has 8 heteroatoms. The Hall–Kier alpha value is -2.45. The van der Waals surface area contributed by atoms with E-state index in [1.54, 1.807) is 0 Å². The predicted molar refractivity (Wildman–Crippen MR) is 73.5 cm³/mol. The fraction of sp³-hybridized carbons (Fsp3) is 0.308. The van der Waals surface area contributed by atoms with E-state index < -0.39 is 23.9 Å². The normalized spacial score (nSPS) is 11.7. The summed E-state index contributed by atoms with van der Waals surface area (Å²) in [7, 11) is 1.42. The van der Waals surface area contributed by atoms with Gasteiger partial charge >= 0.3 is 11.9 Å². The van der Waals surface area contributed by atoms with Gasteiger partial charge < -0.3 is 26.0 Å². The molecule has 1 amide bonds. The molecule has 0 aliphatic carbocycles. The Kier molecular flexibility index (Phi) is 5.82. The second-order valence-corrected chi connectivity index (χ2v) is 4.26. The summed E-state index contributed by atoms with van der Waals surface area (Å²) < 4.78 is 4.96. The number of amides is 1. The second kappa shape index (κ2) is 7.36. The third kappa shape index (κ3) is 4.86. The van der Waals surface area contributed by atoms with Gasteiger partial charge in [-0.1, -0.05) is 0 Å². The number of benzene rings is 1. The second-order valence-electron chi connectivity index (χ2n) is 4.26. The monoisotopic (exact) mass is 296 g/mol. The van der Waals surface area contributed by atoms with E-state index in [0.29, 0.717) is 0 Å². The molecule has 0 saturated carbocycles. The SMILES string of the molecule is COC(CN)CC(=O)Nc1cc(C(=O)O)cc(C(=O)O)c1. The number of anilines is 1. The number of carbonyl (C=O) groups excluding carboxylic acids is 1. The van der Waals surface area contributed by atoms with Crippen molar-refractivity contribution in [3.8, 4) is 0 Å². The molecule has 0 fully saturated rings. The van der Waals surface area contributed by atoms with Gasteiger partial charge in [0.1, 0.15) is 0 Å². The highest BCUT2D eigenvalue weighted by molar-refractivity contribution is 5.98. The largest absolute Gasteiger partial charge is 0.478 e. The zero-order chi connectivity index (χ0) is 16.0. The van der Waals surface area contributed by atoms with Crippen LogP contribution in [0, 0.1) is 0 Å². The molecule has 1 atom stereocenters. The van der Waals surface area contributed by atoms with E-state index in [9.17, 15) is 14.4 Å². The molecule has 5 N–H and O–H groups in total. The molecule has 1 rings (SSSR count). The summed E-state index contributed by atoms with van der Waals surface area (Å²) in [5.41, 5.74) is 5.02. The molecule has 114 valence electrons. The van der Waals surface area contributed by atoms with Crippen LogP contribution in [0.5, 0.6) is 0 Å². The van der Waals surface area contributed by atoms with Crippen molar-refractivity contribution in [3.05, 3.63) is 29.3 Å². The number of ether oxygens (including phenoxy) is 1. The average Bonchev–Trinajstić information content (AvgIpc) is 2.44. The van der Waals surface area contributed by atoms with Crippen molar-refractivity contribution in [1.82, 2.24) is 0 Å². The topological polar surface area (TPSA) is 139 Å². The lowest BCUT2D eigenvalue weighted by Crippen LogP contribution is -2.28. The minimum Gasteiger partial charge on any atom is -0.478 e. The molecule has 0 saturated heterocycles. The summed E-state index contributed by atoms with van der Waals surface area (Å²) >= 11 is 0. The molecule has 1 aromatic carbocycles. The summed E-state index contributed by atoms with van der Waals surface area (Å²) in [5, 5.41) is 20.3. The lowest BCUT2D eigenvalue weighted by Gasteiger charge is -2.13. The van der Waals surface area contributed by atoms with E-state index >= 15 is 0 Å². The van der Waals surface area contributed by atoms with Crippen LogP contribution in [0.3, 0.4) is 0 Å².